The molecule has 6 atom stereocenters. The van der Waals surface area contributed by atoms with Crippen molar-refractivity contribution in [2.75, 3.05) is 0 Å². The molecule has 0 aromatic heterocycles. The molecule has 5 rings (SSSR count). The monoisotopic (exact) mass is 582 g/mol. The van der Waals surface area contributed by atoms with Crippen LogP contribution in [0.4, 0.5) is 0 Å². The number of carboxylic acids is 2. The van der Waals surface area contributed by atoms with Gasteiger partial charge in [0.25, 0.3) is 0 Å². The van der Waals surface area contributed by atoms with Crippen molar-refractivity contribution in [2.24, 2.45) is 5.73 Å². The van der Waals surface area contributed by atoms with E-state index in [0.717, 1.165) is 4.90 Å². The molecule has 0 saturated carbocycles. The number of nitrogens with one attached hydrogen (secondary N) is 1. The second-order valence-corrected chi connectivity index (χ2v) is 15.3. The first-order valence-electron chi connectivity index (χ1n) is 12.1. The lowest BCUT2D eigenvalue weighted by Gasteiger charge is -2.43. The molecule has 212 valence electrons. The zero-order valence-corrected chi connectivity index (χ0v) is 23.2. The predicted octanol–water partition coefficient (Wildman–Crippen LogP) is -0.477. The molecule has 1 aromatic rings. The highest BCUT2D eigenvalue weighted by molar-refractivity contribution is 8.01. The number of carbonyl (C=O) groups excluding carboxylic acids is 3. The molecule has 1 unspecified atom stereocenters. The number of hydrogen-bond acceptors (Lipinski definition) is 9. The van der Waals surface area contributed by atoms with Crippen LogP contribution in [0.5, 0.6) is 0 Å². The maximum absolute atomic E-state index is 12.3. The molecule has 4 aliphatic heterocycles. The maximum atomic E-state index is 12.3. The van der Waals surface area contributed by atoms with Gasteiger partial charge in [-0.15, -0.1) is 11.8 Å². The number of thioether (sulfide) groups is 1. The summed E-state index contributed by atoms with van der Waals surface area (Å²) in [5.74, 6) is -3.52. The number of β-lactam (4-membered cyclic amide) rings is 2. The first-order chi connectivity index (χ1) is 17.9. The maximum Gasteiger partial charge on any atom is 0.328 e. The highest BCUT2D eigenvalue weighted by Crippen LogP contribution is 2.51. The van der Waals surface area contributed by atoms with Crippen LogP contribution in [0.3, 0.4) is 0 Å². The molecule has 4 aliphatic rings. The molecule has 13 nitrogen and oxygen atoms in total. The third-order valence-electron chi connectivity index (χ3n) is 7.62. The second-order valence-electron chi connectivity index (χ2n) is 10.8. The molecule has 0 aliphatic carbocycles. The minimum Gasteiger partial charge on any atom is -0.480 e. The smallest absolute Gasteiger partial charge is 0.328 e. The summed E-state index contributed by atoms with van der Waals surface area (Å²) >= 11 is 1.38. The van der Waals surface area contributed by atoms with Gasteiger partial charge in [-0.05, 0) is 33.3 Å². The van der Waals surface area contributed by atoms with Crippen LogP contribution in [0, 0.1) is 0 Å². The number of nitrogens with two attached hydrogens (primary N) is 1. The summed E-state index contributed by atoms with van der Waals surface area (Å²) in [5.41, 5.74) is 6.59. The number of carboxylic acid groups (broad SMARTS) is 2. The third-order valence-corrected chi connectivity index (χ3v) is 12.0. The fourth-order valence-electron chi connectivity index (χ4n) is 5.43. The van der Waals surface area contributed by atoms with Gasteiger partial charge in [-0.1, -0.05) is 30.3 Å². The fourth-order valence-corrected chi connectivity index (χ4v) is 9.18. The van der Waals surface area contributed by atoms with E-state index < -0.39 is 72.6 Å². The van der Waals surface area contributed by atoms with Gasteiger partial charge in [0.2, 0.25) is 17.7 Å². The summed E-state index contributed by atoms with van der Waals surface area (Å²) in [6.07, 6.45) is -0.0878. The highest BCUT2D eigenvalue weighted by Gasteiger charge is 2.68. The predicted molar refractivity (Wildman–Crippen MR) is 139 cm³/mol. The van der Waals surface area contributed by atoms with E-state index in [1.54, 1.807) is 38.1 Å². The Kier molecular flexibility index (Phi) is 7.01. The van der Waals surface area contributed by atoms with Gasteiger partial charge in [0.1, 0.15) is 34.9 Å². The molecule has 4 saturated heterocycles. The summed E-state index contributed by atoms with van der Waals surface area (Å²) in [5, 5.41) is 19.7. The molecular formula is C24H30N4O9S2. The zero-order chi connectivity index (χ0) is 29.2. The zero-order valence-electron chi connectivity index (χ0n) is 21.6. The third kappa shape index (κ3) is 4.36. The molecule has 3 amide bonds. The molecule has 0 radical (unpaired) electrons. The molecular weight excluding hydrogens is 552 g/mol. The summed E-state index contributed by atoms with van der Waals surface area (Å²) < 4.78 is 21.7. The van der Waals surface area contributed by atoms with Gasteiger partial charge in [0.05, 0.1) is 11.2 Å². The number of fused-ring (bicyclic) bond motifs is 2. The van der Waals surface area contributed by atoms with E-state index in [4.69, 9.17) is 10.8 Å². The average Bonchev–Trinajstić information content (AvgIpc) is 3.18. The van der Waals surface area contributed by atoms with E-state index in [9.17, 15) is 37.5 Å². The summed E-state index contributed by atoms with van der Waals surface area (Å²) in [4.78, 5) is 60.6. The van der Waals surface area contributed by atoms with Crippen LogP contribution >= 0.6 is 11.8 Å². The summed E-state index contributed by atoms with van der Waals surface area (Å²) in [6, 6.07) is 5.12. The average molecular weight is 583 g/mol. The van der Waals surface area contributed by atoms with Crippen LogP contribution in [-0.2, 0) is 33.8 Å². The largest absolute Gasteiger partial charge is 0.480 e. The van der Waals surface area contributed by atoms with Gasteiger partial charge in [-0.3, -0.25) is 14.4 Å². The molecule has 5 N–H and O–H groups in total. The Morgan fingerprint density at radius 1 is 1.03 bits per heavy atom. The molecule has 15 heteroatoms. The van der Waals surface area contributed by atoms with Gasteiger partial charge in [-0.25, -0.2) is 18.0 Å². The van der Waals surface area contributed by atoms with Gasteiger partial charge in [-0.2, -0.15) is 0 Å². The Morgan fingerprint density at radius 3 is 2.08 bits per heavy atom. The number of amides is 3. The Morgan fingerprint density at radius 2 is 1.59 bits per heavy atom. The second kappa shape index (κ2) is 9.48. The fraction of sp³-hybridized carbons (Fsp3) is 0.542. The minimum atomic E-state index is -3.57. The lowest BCUT2D eigenvalue weighted by molar-refractivity contribution is -0.161. The van der Waals surface area contributed by atoms with E-state index in [0.29, 0.717) is 5.56 Å². The lowest BCUT2D eigenvalue weighted by atomic mass is 9.95. The van der Waals surface area contributed by atoms with Crippen molar-refractivity contribution >= 4 is 51.3 Å². The Hall–Kier alpha value is -3.17. The van der Waals surface area contributed by atoms with Crippen molar-refractivity contribution in [3.05, 3.63) is 35.9 Å². The van der Waals surface area contributed by atoms with Crippen LogP contribution in [0.25, 0.3) is 0 Å². The normalized spacial score (nSPS) is 31.5. The van der Waals surface area contributed by atoms with E-state index in [-0.39, 0.29) is 17.7 Å². The number of hydrogen-bond donors (Lipinski definition) is 4. The van der Waals surface area contributed by atoms with Gasteiger partial charge in [0.15, 0.2) is 9.84 Å². The van der Waals surface area contributed by atoms with Crippen molar-refractivity contribution in [1.29, 1.82) is 0 Å². The van der Waals surface area contributed by atoms with Crippen molar-refractivity contribution in [3.8, 4) is 0 Å². The molecule has 0 bridgehead atoms. The molecule has 1 aromatic carbocycles. The van der Waals surface area contributed by atoms with Crippen LogP contribution in [0.15, 0.2) is 30.3 Å². The SMILES string of the molecule is CC1(C)S[C@@H]2[C@H](NC(=O)C(N)c3ccccc3)C(=O)N2[C@H]1C(=O)O.CC1(C)[C@H](C(=O)O)N2C(=O)C[C@H]2S1(=O)=O. The van der Waals surface area contributed by atoms with Crippen molar-refractivity contribution in [1.82, 2.24) is 15.1 Å². The highest BCUT2D eigenvalue weighted by atomic mass is 32.2. The lowest BCUT2D eigenvalue weighted by Crippen LogP contribution is -2.71. The van der Waals surface area contributed by atoms with Crippen molar-refractivity contribution < 1.29 is 42.6 Å². The van der Waals surface area contributed by atoms with Gasteiger partial charge < -0.3 is 31.1 Å². The molecule has 0 spiro atoms. The van der Waals surface area contributed by atoms with Gasteiger partial charge >= 0.3 is 11.9 Å². The number of sulfone groups is 1. The molecule has 4 fully saturated rings. The number of carbonyl (C=O) groups is 5. The van der Waals surface area contributed by atoms with Crippen molar-refractivity contribution in [2.45, 2.75) is 78.5 Å². The van der Waals surface area contributed by atoms with Gasteiger partial charge in [0, 0.05) is 4.75 Å². The van der Waals surface area contributed by atoms with Crippen LogP contribution in [-0.4, -0.2) is 96.5 Å². The minimum absolute atomic E-state index is 0.0878. The van der Waals surface area contributed by atoms with Crippen LogP contribution < -0.4 is 11.1 Å². The number of rotatable bonds is 5. The molecule has 39 heavy (non-hydrogen) atoms. The first-order valence-corrected chi connectivity index (χ1v) is 14.5. The number of benzene rings is 1. The van der Waals surface area contributed by atoms with Crippen LogP contribution in [0.1, 0.15) is 45.7 Å². The van der Waals surface area contributed by atoms with E-state index in [1.807, 2.05) is 6.07 Å². The number of aliphatic carboxylic acids is 2. The first kappa shape index (κ1) is 28.8. The van der Waals surface area contributed by atoms with E-state index >= 15 is 0 Å². The Labute approximate surface area is 229 Å². The Balaban J connectivity index is 0.000000202. The topological polar surface area (TPSA) is 204 Å². The van der Waals surface area contributed by atoms with Crippen molar-refractivity contribution in [3.63, 3.8) is 0 Å². The standard InChI is InChI=1S/C16H19N3O4S.C8H11NO5S/c1-16(2)11(15(22)23)19-13(21)10(14(19)24-16)18-12(20)9(17)8-6-4-3-5-7-8;1-8(2)6(7(11)12)9-4(10)3-5(9)15(8,13)14/h3-7,9-11,14H,17H2,1-2H3,(H,18,20)(H,22,23);5-6H,3H2,1-2H3,(H,11,12)/t9?,10-,11+,14-;5-,6+/m11/s1. The number of nitrogens with zero attached hydrogens (tertiary/aromatic N) is 2. The Bertz CT molecular complexity index is 1350. The summed E-state index contributed by atoms with van der Waals surface area (Å²) in [7, 11) is -3.57. The van der Waals surface area contributed by atoms with E-state index in [2.05, 4.69) is 5.32 Å². The quantitative estimate of drug-likeness (QED) is 0.326. The van der Waals surface area contributed by atoms with Crippen LogP contribution in [0.2, 0.25) is 0 Å². The summed E-state index contributed by atoms with van der Waals surface area (Å²) in [6.45, 7) is 6.28. The van der Waals surface area contributed by atoms with E-state index in [1.165, 1.54) is 30.5 Å². The molecule has 4 heterocycles.